The highest BCUT2D eigenvalue weighted by atomic mass is 32.2. The van der Waals surface area contributed by atoms with Crippen LogP contribution in [0.1, 0.15) is 18.5 Å². The van der Waals surface area contributed by atoms with Gasteiger partial charge in [-0.05, 0) is 59.7 Å². The molecule has 0 amide bonds. The van der Waals surface area contributed by atoms with Gasteiger partial charge in [-0.3, -0.25) is 9.29 Å². The van der Waals surface area contributed by atoms with Gasteiger partial charge in [0.25, 0.3) is 10.0 Å². The van der Waals surface area contributed by atoms with E-state index in [-0.39, 0.29) is 10.9 Å². The summed E-state index contributed by atoms with van der Waals surface area (Å²) in [7, 11) is -3.77. The second kappa shape index (κ2) is 9.60. The highest BCUT2D eigenvalue weighted by Crippen LogP contribution is 2.25. The smallest absolute Gasteiger partial charge is 0.261 e. The van der Waals surface area contributed by atoms with Crippen LogP contribution < -0.4 is 10.0 Å². The quantitative estimate of drug-likeness (QED) is 0.270. The number of anilines is 2. The summed E-state index contributed by atoms with van der Waals surface area (Å²) in [6.45, 7) is 2.05. The molecule has 2 heterocycles. The molecular weight excluding hydrogens is 496 g/mol. The van der Waals surface area contributed by atoms with E-state index in [0.717, 1.165) is 21.9 Å². The van der Waals surface area contributed by atoms with Crippen molar-refractivity contribution in [3.05, 3.63) is 115 Å². The Morgan fingerprint density at radius 2 is 1.61 bits per heavy atom. The molecule has 1 atom stereocenters. The van der Waals surface area contributed by atoms with Crippen molar-refractivity contribution < 1.29 is 8.42 Å². The van der Waals surface area contributed by atoms with Crippen molar-refractivity contribution in [3.63, 3.8) is 0 Å². The minimum absolute atomic E-state index is 0.0316. The zero-order chi connectivity index (χ0) is 26.1. The molecule has 38 heavy (non-hydrogen) atoms. The fraction of sp³-hybridized carbons (Fsp3) is 0.0690. The summed E-state index contributed by atoms with van der Waals surface area (Å²) in [4.78, 5) is 13.7. The van der Waals surface area contributed by atoms with Crippen molar-refractivity contribution in [1.82, 2.24) is 19.5 Å². The molecule has 4 aromatic carbocycles. The molecule has 0 aliphatic rings. The summed E-state index contributed by atoms with van der Waals surface area (Å²) in [6.07, 6.45) is 3.36. The molecule has 188 valence electrons. The number of fused-ring (bicyclic) bond motifs is 2. The predicted octanol–water partition coefficient (Wildman–Crippen LogP) is 5.94. The average Bonchev–Trinajstić information content (AvgIpc) is 3.36. The summed E-state index contributed by atoms with van der Waals surface area (Å²) in [5, 5.41) is 5.18. The number of nitrogens with zero attached hydrogens (tertiary/aromatic N) is 4. The first-order chi connectivity index (χ1) is 18.5. The van der Waals surface area contributed by atoms with Crippen LogP contribution in [-0.4, -0.2) is 27.9 Å². The van der Waals surface area contributed by atoms with Crippen LogP contribution in [0.4, 0.5) is 11.6 Å². The van der Waals surface area contributed by atoms with Gasteiger partial charge in [0, 0.05) is 6.20 Å². The maximum absolute atomic E-state index is 13.1. The monoisotopic (exact) mass is 520 g/mol. The van der Waals surface area contributed by atoms with Crippen molar-refractivity contribution in [2.45, 2.75) is 17.9 Å². The maximum atomic E-state index is 13.1. The van der Waals surface area contributed by atoms with E-state index in [2.05, 4.69) is 44.0 Å². The van der Waals surface area contributed by atoms with Crippen LogP contribution in [0, 0.1) is 0 Å². The first-order valence-corrected chi connectivity index (χ1v) is 13.6. The van der Waals surface area contributed by atoms with E-state index >= 15 is 0 Å². The normalized spacial score (nSPS) is 12.4. The zero-order valence-corrected chi connectivity index (χ0v) is 21.3. The van der Waals surface area contributed by atoms with Crippen molar-refractivity contribution in [1.29, 1.82) is 0 Å². The summed E-state index contributed by atoms with van der Waals surface area (Å²) >= 11 is 0. The largest absolute Gasteiger partial charge is 0.348 e. The summed E-state index contributed by atoms with van der Waals surface area (Å²) in [6, 6.07) is 29.9. The molecule has 6 aromatic rings. The maximum Gasteiger partial charge on any atom is 0.261 e. The summed E-state index contributed by atoms with van der Waals surface area (Å²) < 4.78 is 30.7. The van der Waals surface area contributed by atoms with E-state index in [0.29, 0.717) is 23.0 Å². The summed E-state index contributed by atoms with van der Waals surface area (Å²) in [5.41, 5.74) is 2.99. The Morgan fingerprint density at radius 3 is 2.45 bits per heavy atom. The molecule has 6 rings (SSSR count). The first kappa shape index (κ1) is 23.6. The second-order valence-electron chi connectivity index (χ2n) is 8.95. The molecule has 0 saturated heterocycles. The van der Waals surface area contributed by atoms with E-state index in [9.17, 15) is 8.42 Å². The minimum Gasteiger partial charge on any atom is -0.348 e. The SMILES string of the molecule is C[C@H](Nc1nccc(-n2cnc3cc(NS(=O)(=O)c4ccc5ccccc5c4)ccc32)n1)c1ccccc1. The Kier molecular flexibility index (Phi) is 5.97. The lowest BCUT2D eigenvalue weighted by Gasteiger charge is -2.14. The van der Waals surface area contributed by atoms with Crippen LogP contribution in [0.15, 0.2) is 114 Å². The fourth-order valence-electron chi connectivity index (χ4n) is 4.38. The van der Waals surface area contributed by atoms with Gasteiger partial charge < -0.3 is 5.32 Å². The number of sulfonamides is 1. The Balaban J connectivity index is 1.25. The van der Waals surface area contributed by atoms with E-state index in [1.165, 1.54) is 0 Å². The van der Waals surface area contributed by atoms with Crippen LogP contribution in [0.5, 0.6) is 0 Å². The number of imidazole rings is 1. The number of benzene rings is 4. The molecule has 0 unspecified atom stereocenters. The third-order valence-corrected chi connectivity index (χ3v) is 7.74. The van der Waals surface area contributed by atoms with Gasteiger partial charge in [0.05, 0.1) is 27.7 Å². The topological polar surface area (TPSA) is 102 Å². The van der Waals surface area contributed by atoms with Crippen LogP contribution in [0.25, 0.3) is 27.6 Å². The van der Waals surface area contributed by atoms with Crippen molar-refractivity contribution in [2.24, 2.45) is 0 Å². The highest BCUT2D eigenvalue weighted by Gasteiger charge is 2.16. The molecule has 8 nitrogen and oxygen atoms in total. The number of nitrogens with one attached hydrogen (secondary N) is 2. The first-order valence-electron chi connectivity index (χ1n) is 12.1. The molecule has 0 spiro atoms. The van der Waals surface area contributed by atoms with E-state index in [1.54, 1.807) is 48.9 Å². The second-order valence-corrected chi connectivity index (χ2v) is 10.6. The van der Waals surface area contributed by atoms with Gasteiger partial charge in [-0.15, -0.1) is 0 Å². The Hall–Kier alpha value is -4.76. The molecule has 0 aliphatic carbocycles. The highest BCUT2D eigenvalue weighted by molar-refractivity contribution is 7.92. The number of aromatic nitrogens is 4. The third-order valence-electron chi connectivity index (χ3n) is 6.36. The average molecular weight is 521 g/mol. The number of hydrogen-bond acceptors (Lipinski definition) is 6. The van der Waals surface area contributed by atoms with Gasteiger partial charge in [0.15, 0.2) is 0 Å². The lowest BCUT2D eigenvalue weighted by molar-refractivity contribution is 0.601. The molecule has 0 aliphatic heterocycles. The van der Waals surface area contributed by atoms with Gasteiger partial charge >= 0.3 is 0 Å². The molecule has 2 aromatic heterocycles. The zero-order valence-electron chi connectivity index (χ0n) is 20.5. The number of hydrogen-bond donors (Lipinski definition) is 2. The molecule has 2 N–H and O–H groups in total. The van der Waals surface area contributed by atoms with Crippen LogP contribution in [-0.2, 0) is 10.0 Å². The van der Waals surface area contributed by atoms with E-state index < -0.39 is 10.0 Å². The molecule has 0 radical (unpaired) electrons. The van der Waals surface area contributed by atoms with Gasteiger partial charge in [0.1, 0.15) is 12.1 Å². The van der Waals surface area contributed by atoms with Gasteiger partial charge in [-0.2, -0.15) is 4.98 Å². The number of rotatable bonds is 7. The van der Waals surface area contributed by atoms with Crippen molar-refractivity contribution in [2.75, 3.05) is 10.0 Å². The van der Waals surface area contributed by atoms with E-state index in [1.807, 2.05) is 53.1 Å². The molecule has 0 fully saturated rings. The molecule has 9 heteroatoms. The molecule has 0 saturated carbocycles. The third kappa shape index (κ3) is 4.67. The summed E-state index contributed by atoms with van der Waals surface area (Å²) in [5.74, 6) is 1.15. The van der Waals surface area contributed by atoms with Gasteiger partial charge in [-0.1, -0.05) is 60.7 Å². The van der Waals surface area contributed by atoms with Crippen LogP contribution >= 0.6 is 0 Å². The fourth-order valence-corrected chi connectivity index (χ4v) is 5.46. The Labute approximate surface area is 220 Å². The van der Waals surface area contributed by atoms with Gasteiger partial charge in [0.2, 0.25) is 5.95 Å². The Bertz CT molecular complexity index is 1870. The van der Waals surface area contributed by atoms with Crippen molar-refractivity contribution in [3.8, 4) is 5.82 Å². The molecule has 0 bridgehead atoms. The minimum atomic E-state index is -3.77. The standard InChI is InChI=1S/C29H24N6O2S/c1-20(21-7-3-2-4-8-21)32-29-30-16-15-28(33-29)35-19-31-26-18-24(12-14-27(26)35)34-38(36,37)25-13-11-22-9-5-6-10-23(22)17-25/h2-20,34H,1H3,(H,30,32,33)/t20-/m0/s1. The lowest BCUT2D eigenvalue weighted by atomic mass is 10.1. The molecular formula is C29H24N6O2S. The lowest BCUT2D eigenvalue weighted by Crippen LogP contribution is -2.12. The van der Waals surface area contributed by atoms with E-state index in [4.69, 9.17) is 0 Å². The van der Waals surface area contributed by atoms with Crippen LogP contribution in [0.2, 0.25) is 0 Å². The Morgan fingerprint density at radius 1 is 0.816 bits per heavy atom. The van der Waals surface area contributed by atoms with Crippen molar-refractivity contribution >= 4 is 43.5 Å². The van der Waals surface area contributed by atoms with Gasteiger partial charge in [-0.25, -0.2) is 18.4 Å². The predicted molar refractivity (Wildman–Crippen MR) is 150 cm³/mol. The van der Waals surface area contributed by atoms with Crippen LogP contribution in [0.3, 0.4) is 0 Å².